The molecule has 0 radical (unpaired) electrons. The van der Waals surface area contributed by atoms with E-state index in [1.54, 1.807) is 12.1 Å². The van der Waals surface area contributed by atoms with Gasteiger partial charge in [-0.25, -0.2) is 0 Å². The summed E-state index contributed by atoms with van der Waals surface area (Å²) in [6, 6.07) is 5.97. The lowest BCUT2D eigenvalue weighted by Crippen LogP contribution is -2.09. The van der Waals surface area contributed by atoms with E-state index in [1.165, 1.54) is 12.1 Å². The zero-order chi connectivity index (χ0) is 12.0. The Labute approximate surface area is 90.2 Å². The lowest BCUT2D eigenvalue weighted by molar-refractivity contribution is -0.136. The van der Waals surface area contributed by atoms with Gasteiger partial charge < -0.3 is 4.74 Å². The fourth-order valence-electron chi connectivity index (χ4n) is 1.09. The maximum absolute atomic E-state index is 11.8. The average molecular weight is 233 g/mol. The van der Waals surface area contributed by atoms with Gasteiger partial charge in [0.15, 0.2) is 0 Å². The van der Waals surface area contributed by atoms with E-state index in [0.717, 1.165) is 0 Å². The molecular formula is C10H10F3NO2. The van der Waals surface area contributed by atoms with Gasteiger partial charge in [0.1, 0.15) is 11.4 Å². The lowest BCUT2D eigenvalue weighted by atomic mass is 10.3. The van der Waals surface area contributed by atoms with Gasteiger partial charge in [0.05, 0.1) is 6.61 Å². The van der Waals surface area contributed by atoms with Gasteiger partial charge in [-0.05, 0) is 23.7 Å². The van der Waals surface area contributed by atoms with Crippen molar-refractivity contribution in [2.24, 2.45) is 5.18 Å². The van der Waals surface area contributed by atoms with Gasteiger partial charge in [0, 0.05) is 12.5 Å². The number of benzene rings is 1. The van der Waals surface area contributed by atoms with Crippen LogP contribution in [0.1, 0.15) is 12.8 Å². The molecule has 0 saturated heterocycles. The van der Waals surface area contributed by atoms with Crippen LogP contribution in [0.15, 0.2) is 29.4 Å². The van der Waals surface area contributed by atoms with Crippen LogP contribution in [0.3, 0.4) is 0 Å². The molecule has 0 fully saturated rings. The van der Waals surface area contributed by atoms with Crippen molar-refractivity contribution in [2.75, 3.05) is 6.61 Å². The smallest absolute Gasteiger partial charge is 0.389 e. The van der Waals surface area contributed by atoms with Crippen molar-refractivity contribution in [1.29, 1.82) is 0 Å². The molecule has 16 heavy (non-hydrogen) atoms. The Hall–Kier alpha value is -1.59. The maximum Gasteiger partial charge on any atom is 0.389 e. The fraction of sp³-hybridized carbons (Fsp3) is 0.400. The number of hydrogen-bond acceptors (Lipinski definition) is 3. The molecule has 0 aromatic heterocycles. The van der Waals surface area contributed by atoms with Crippen LogP contribution in [0, 0.1) is 4.91 Å². The van der Waals surface area contributed by atoms with Crippen LogP contribution in [-0.2, 0) is 0 Å². The number of ether oxygens (including phenoxy) is 1. The monoisotopic (exact) mass is 233 g/mol. The molecule has 6 heteroatoms. The summed E-state index contributed by atoms with van der Waals surface area (Å²) in [6.45, 7) is -0.0399. The number of nitrogens with zero attached hydrogens (tertiary/aromatic N) is 1. The maximum atomic E-state index is 11.8. The van der Waals surface area contributed by atoms with Crippen LogP contribution < -0.4 is 4.74 Å². The van der Waals surface area contributed by atoms with Crippen LogP contribution in [-0.4, -0.2) is 12.8 Å². The molecule has 0 atom stereocenters. The van der Waals surface area contributed by atoms with E-state index in [1.807, 2.05) is 0 Å². The van der Waals surface area contributed by atoms with Gasteiger partial charge in [0.2, 0.25) is 0 Å². The predicted molar refractivity (Wildman–Crippen MR) is 52.7 cm³/mol. The summed E-state index contributed by atoms with van der Waals surface area (Å²) < 4.78 is 40.4. The van der Waals surface area contributed by atoms with Crippen molar-refractivity contribution in [1.82, 2.24) is 0 Å². The van der Waals surface area contributed by atoms with E-state index in [2.05, 4.69) is 5.18 Å². The van der Waals surface area contributed by atoms with Gasteiger partial charge >= 0.3 is 6.18 Å². The Morgan fingerprint density at radius 3 is 2.69 bits per heavy atom. The van der Waals surface area contributed by atoms with Gasteiger partial charge in [-0.2, -0.15) is 13.2 Å². The van der Waals surface area contributed by atoms with Crippen molar-refractivity contribution in [3.8, 4) is 5.75 Å². The minimum atomic E-state index is -4.16. The Bertz CT molecular complexity index is 352. The predicted octanol–water partition coefficient (Wildman–Crippen LogP) is 3.81. The first-order chi connectivity index (χ1) is 7.51. The van der Waals surface area contributed by atoms with E-state index in [4.69, 9.17) is 4.74 Å². The molecule has 0 aliphatic heterocycles. The molecule has 0 N–H and O–H groups in total. The second-order valence-electron chi connectivity index (χ2n) is 3.16. The zero-order valence-corrected chi connectivity index (χ0v) is 8.33. The van der Waals surface area contributed by atoms with Crippen LogP contribution in [0.4, 0.5) is 18.9 Å². The molecule has 0 saturated carbocycles. The second kappa shape index (κ2) is 5.48. The second-order valence-corrected chi connectivity index (χ2v) is 3.16. The summed E-state index contributed by atoms with van der Waals surface area (Å²) in [5.41, 5.74) is 0.188. The van der Waals surface area contributed by atoms with Crippen molar-refractivity contribution >= 4 is 5.69 Å². The SMILES string of the molecule is O=Nc1cccc(OCCCC(F)(F)F)c1. The first-order valence-electron chi connectivity index (χ1n) is 4.64. The molecular weight excluding hydrogens is 223 g/mol. The molecule has 0 heterocycles. The highest BCUT2D eigenvalue weighted by molar-refractivity contribution is 5.42. The first kappa shape index (κ1) is 12.5. The summed E-state index contributed by atoms with van der Waals surface area (Å²) in [6.07, 6.45) is -5.14. The van der Waals surface area contributed by atoms with Crippen LogP contribution in [0.5, 0.6) is 5.75 Å². The topological polar surface area (TPSA) is 38.7 Å². The van der Waals surface area contributed by atoms with Crippen LogP contribution in [0.25, 0.3) is 0 Å². The summed E-state index contributed by atoms with van der Waals surface area (Å²) in [4.78, 5) is 10.2. The summed E-state index contributed by atoms with van der Waals surface area (Å²) >= 11 is 0. The normalized spacial score (nSPS) is 11.2. The molecule has 0 unspecified atom stereocenters. The third-order valence-electron chi connectivity index (χ3n) is 1.80. The standard InChI is InChI=1S/C10H10F3NO2/c11-10(12,13)5-2-6-16-9-4-1-3-8(7-9)14-15/h1,3-4,7H,2,5-6H2. The van der Waals surface area contributed by atoms with Gasteiger partial charge in [-0.3, -0.25) is 0 Å². The zero-order valence-electron chi connectivity index (χ0n) is 8.33. The highest BCUT2D eigenvalue weighted by atomic mass is 19.4. The Morgan fingerprint density at radius 1 is 1.31 bits per heavy atom. The number of hydrogen-bond donors (Lipinski definition) is 0. The molecule has 0 spiro atoms. The molecule has 1 aromatic rings. The van der Waals surface area contributed by atoms with Gasteiger partial charge in [-0.1, -0.05) is 6.07 Å². The van der Waals surface area contributed by atoms with Gasteiger partial charge in [0.25, 0.3) is 0 Å². The molecule has 0 aliphatic rings. The molecule has 0 amide bonds. The molecule has 1 rings (SSSR count). The third-order valence-corrected chi connectivity index (χ3v) is 1.80. The van der Waals surface area contributed by atoms with Crippen molar-refractivity contribution < 1.29 is 17.9 Å². The third kappa shape index (κ3) is 4.77. The minimum absolute atomic E-state index is 0.0399. The molecule has 88 valence electrons. The van der Waals surface area contributed by atoms with Crippen LogP contribution in [0.2, 0.25) is 0 Å². The summed E-state index contributed by atoms with van der Waals surface area (Å²) in [5.74, 6) is 0.347. The number of alkyl halides is 3. The van der Waals surface area contributed by atoms with Crippen LogP contribution >= 0.6 is 0 Å². The molecule has 1 aromatic carbocycles. The highest BCUT2D eigenvalue weighted by Crippen LogP contribution is 2.22. The molecule has 0 aliphatic carbocycles. The number of nitroso groups, excluding NO2 is 1. The lowest BCUT2D eigenvalue weighted by Gasteiger charge is -2.08. The quantitative estimate of drug-likeness (QED) is 0.573. The number of rotatable bonds is 5. The molecule has 3 nitrogen and oxygen atoms in total. The van der Waals surface area contributed by atoms with E-state index < -0.39 is 12.6 Å². The van der Waals surface area contributed by atoms with E-state index in [-0.39, 0.29) is 18.7 Å². The Balaban J connectivity index is 2.34. The summed E-state index contributed by atoms with van der Waals surface area (Å²) in [5, 5.41) is 2.69. The highest BCUT2D eigenvalue weighted by Gasteiger charge is 2.26. The molecule has 0 bridgehead atoms. The van der Waals surface area contributed by atoms with Crippen molar-refractivity contribution in [3.05, 3.63) is 29.2 Å². The summed E-state index contributed by atoms with van der Waals surface area (Å²) in [7, 11) is 0. The average Bonchev–Trinajstić information content (AvgIpc) is 2.23. The number of halogens is 3. The Morgan fingerprint density at radius 2 is 2.06 bits per heavy atom. The van der Waals surface area contributed by atoms with Gasteiger partial charge in [-0.15, -0.1) is 4.91 Å². The largest absolute Gasteiger partial charge is 0.494 e. The van der Waals surface area contributed by atoms with E-state index in [0.29, 0.717) is 5.75 Å². The fourth-order valence-corrected chi connectivity index (χ4v) is 1.09. The van der Waals surface area contributed by atoms with E-state index in [9.17, 15) is 18.1 Å². The Kier molecular flexibility index (Phi) is 4.28. The minimum Gasteiger partial charge on any atom is -0.494 e. The van der Waals surface area contributed by atoms with Crippen molar-refractivity contribution in [3.63, 3.8) is 0 Å². The van der Waals surface area contributed by atoms with E-state index >= 15 is 0 Å². The first-order valence-corrected chi connectivity index (χ1v) is 4.64. The van der Waals surface area contributed by atoms with Crippen molar-refractivity contribution in [2.45, 2.75) is 19.0 Å².